The van der Waals surface area contributed by atoms with E-state index in [0.29, 0.717) is 26.9 Å². The van der Waals surface area contributed by atoms with Gasteiger partial charge in [0, 0.05) is 34.2 Å². The minimum absolute atomic E-state index is 0.273. The van der Waals surface area contributed by atoms with Gasteiger partial charge >= 0.3 is 0 Å². The second-order valence-corrected chi connectivity index (χ2v) is 6.16. The third-order valence-corrected chi connectivity index (χ3v) is 4.16. The number of rotatable bonds is 5. The van der Waals surface area contributed by atoms with Gasteiger partial charge in [-0.1, -0.05) is 29.8 Å². The highest BCUT2D eigenvalue weighted by Crippen LogP contribution is 2.24. The van der Waals surface area contributed by atoms with E-state index in [1.54, 1.807) is 30.3 Å². The maximum Gasteiger partial charge on any atom is 0.269 e. The molecule has 0 bridgehead atoms. The zero-order valence-corrected chi connectivity index (χ0v) is 14.7. The topological polar surface area (TPSA) is 46.1 Å². The Kier molecular flexibility index (Phi) is 5.12. The van der Waals surface area contributed by atoms with Gasteiger partial charge in [-0.05, 0) is 54.6 Å². The van der Waals surface area contributed by atoms with Crippen LogP contribution in [0.15, 0.2) is 73.6 Å². The minimum Gasteiger partial charge on any atom is -0.324 e. The fourth-order valence-electron chi connectivity index (χ4n) is 2.30. The van der Waals surface area contributed by atoms with E-state index in [9.17, 15) is 4.79 Å². The van der Waals surface area contributed by atoms with Crippen molar-refractivity contribution >= 4 is 34.8 Å². The summed E-state index contributed by atoms with van der Waals surface area (Å²) >= 11 is 12.0. The lowest BCUT2D eigenvalue weighted by Gasteiger charge is -2.13. The van der Waals surface area contributed by atoms with Crippen molar-refractivity contribution in [1.82, 2.24) is 15.4 Å². The minimum atomic E-state index is -0.273. The average Bonchev–Trinajstić information content (AvgIpc) is 3.14. The summed E-state index contributed by atoms with van der Waals surface area (Å²) in [7, 11) is 0. The van der Waals surface area contributed by atoms with Crippen molar-refractivity contribution in [2.45, 2.75) is 0 Å². The quantitative estimate of drug-likeness (QED) is 0.639. The molecule has 2 aromatic carbocycles. The standard InChI is InChI=1S/C19H15Cl2N3O/c1-13(17-9-6-15(20)12-18(17)21)22-23-19(25)14-4-7-16(8-5-14)24-10-2-3-11-24/h2-12,22H,1H2,(H,23,25). The zero-order valence-electron chi connectivity index (χ0n) is 13.2. The Hall–Kier alpha value is -2.69. The Bertz CT molecular complexity index is 903. The van der Waals surface area contributed by atoms with Gasteiger partial charge in [-0.3, -0.25) is 15.6 Å². The van der Waals surface area contributed by atoms with Gasteiger partial charge in [0.05, 0.1) is 10.7 Å². The van der Waals surface area contributed by atoms with Gasteiger partial charge < -0.3 is 4.57 Å². The van der Waals surface area contributed by atoms with E-state index in [1.807, 2.05) is 41.2 Å². The van der Waals surface area contributed by atoms with Gasteiger partial charge in [0.1, 0.15) is 0 Å². The molecule has 0 spiro atoms. The van der Waals surface area contributed by atoms with Gasteiger partial charge in [0.15, 0.2) is 0 Å². The highest BCUT2D eigenvalue weighted by Gasteiger charge is 2.08. The normalized spacial score (nSPS) is 10.3. The molecular formula is C19H15Cl2N3O. The molecule has 3 aromatic rings. The molecule has 0 aliphatic rings. The summed E-state index contributed by atoms with van der Waals surface area (Å²) in [5, 5.41) is 0.990. The predicted octanol–water partition coefficient (Wildman–Crippen LogP) is 4.69. The molecule has 0 radical (unpaired) electrons. The SMILES string of the molecule is C=C(NNC(=O)c1ccc(-n2cccc2)cc1)c1ccc(Cl)cc1Cl. The molecule has 0 saturated heterocycles. The first-order chi connectivity index (χ1) is 12.0. The Morgan fingerprint density at radius 1 is 0.960 bits per heavy atom. The van der Waals surface area contributed by atoms with E-state index in [2.05, 4.69) is 17.4 Å². The van der Waals surface area contributed by atoms with Crippen molar-refractivity contribution in [2.24, 2.45) is 0 Å². The Labute approximate surface area is 155 Å². The smallest absolute Gasteiger partial charge is 0.269 e. The van der Waals surface area contributed by atoms with Crippen molar-refractivity contribution in [3.63, 3.8) is 0 Å². The molecule has 0 aliphatic carbocycles. The molecule has 0 atom stereocenters. The van der Waals surface area contributed by atoms with Gasteiger partial charge in [-0.2, -0.15) is 0 Å². The van der Waals surface area contributed by atoms with E-state index in [0.717, 1.165) is 5.69 Å². The third-order valence-electron chi connectivity index (χ3n) is 3.62. The highest BCUT2D eigenvalue weighted by molar-refractivity contribution is 6.35. The fourth-order valence-corrected chi connectivity index (χ4v) is 2.82. The zero-order chi connectivity index (χ0) is 17.8. The van der Waals surface area contributed by atoms with E-state index < -0.39 is 0 Å². The summed E-state index contributed by atoms with van der Waals surface area (Å²) in [6.45, 7) is 3.87. The van der Waals surface area contributed by atoms with Crippen LogP contribution in [0.25, 0.3) is 11.4 Å². The number of hydrogen-bond donors (Lipinski definition) is 2. The largest absolute Gasteiger partial charge is 0.324 e. The number of hydrazine groups is 1. The van der Waals surface area contributed by atoms with E-state index >= 15 is 0 Å². The van der Waals surface area contributed by atoms with Crippen molar-refractivity contribution in [2.75, 3.05) is 0 Å². The number of nitrogens with zero attached hydrogens (tertiary/aromatic N) is 1. The second kappa shape index (κ2) is 7.47. The van der Waals surface area contributed by atoms with Crippen LogP contribution >= 0.6 is 23.2 Å². The van der Waals surface area contributed by atoms with Crippen LogP contribution < -0.4 is 10.9 Å². The molecule has 0 aliphatic heterocycles. The van der Waals surface area contributed by atoms with Crippen LogP contribution in [0.5, 0.6) is 0 Å². The first-order valence-corrected chi connectivity index (χ1v) is 8.24. The van der Waals surface area contributed by atoms with Crippen LogP contribution in [0, 0.1) is 0 Å². The summed E-state index contributed by atoms with van der Waals surface area (Å²) < 4.78 is 1.96. The van der Waals surface area contributed by atoms with Crippen molar-refractivity contribution < 1.29 is 4.79 Å². The summed E-state index contributed by atoms with van der Waals surface area (Å²) in [5.41, 5.74) is 8.02. The van der Waals surface area contributed by atoms with E-state index in [4.69, 9.17) is 23.2 Å². The maximum atomic E-state index is 12.2. The second-order valence-electron chi connectivity index (χ2n) is 5.32. The lowest BCUT2D eigenvalue weighted by Crippen LogP contribution is -2.35. The molecule has 6 heteroatoms. The van der Waals surface area contributed by atoms with Crippen LogP contribution in [0.1, 0.15) is 15.9 Å². The summed E-state index contributed by atoms with van der Waals surface area (Å²) in [6, 6.07) is 16.2. The molecular weight excluding hydrogens is 357 g/mol. The maximum absolute atomic E-state index is 12.2. The number of carbonyl (C=O) groups is 1. The first-order valence-electron chi connectivity index (χ1n) is 7.49. The lowest BCUT2D eigenvalue weighted by atomic mass is 10.2. The summed E-state index contributed by atoms with van der Waals surface area (Å²) in [5.74, 6) is -0.273. The van der Waals surface area contributed by atoms with Crippen molar-refractivity contribution in [1.29, 1.82) is 0 Å². The molecule has 2 N–H and O–H groups in total. The van der Waals surface area contributed by atoms with Gasteiger partial charge in [0.25, 0.3) is 5.91 Å². The van der Waals surface area contributed by atoms with Crippen LogP contribution in [0.2, 0.25) is 10.0 Å². The lowest BCUT2D eigenvalue weighted by molar-refractivity contribution is 0.0942. The van der Waals surface area contributed by atoms with Gasteiger partial charge in [-0.25, -0.2) is 0 Å². The molecule has 0 fully saturated rings. The Morgan fingerprint density at radius 2 is 1.64 bits per heavy atom. The number of halogens is 2. The average molecular weight is 372 g/mol. The summed E-state index contributed by atoms with van der Waals surface area (Å²) in [6.07, 6.45) is 3.88. The molecule has 1 heterocycles. The molecule has 1 aromatic heterocycles. The number of nitrogens with one attached hydrogen (secondary N) is 2. The summed E-state index contributed by atoms with van der Waals surface area (Å²) in [4.78, 5) is 12.2. The first kappa shape index (κ1) is 17.1. The van der Waals surface area contributed by atoms with Crippen molar-refractivity contribution in [3.8, 4) is 5.69 Å². The van der Waals surface area contributed by atoms with Crippen LogP contribution in [0.4, 0.5) is 0 Å². The van der Waals surface area contributed by atoms with E-state index in [-0.39, 0.29) is 5.91 Å². The molecule has 0 unspecified atom stereocenters. The fraction of sp³-hybridized carbons (Fsp3) is 0. The molecule has 126 valence electrons. The van der Waals surface area contributed by atoms with Gasteiger partial charge in [0.2, 0.25) is 0 Å². The van der Waals surface area contributed by atoms with Gasteiger partial charge in [-0.15, -0.1) is 0 Å². The van der Waals surface area contributed by atoms with Crippen molar-refractivity contribution in [3.05, 3.63) is 94.7 Å². The number of carbonyl (C=O) groups excluding carboxylic acids is 1. The van der Waals surface area contributed by atoms with E-state index in [1.165, 1.54) is 0 Å². The molecule has 1 amide bonds. The van der Waals surface area contributed by atoms with Crippen LogP contribution in [-0.4, -0.2) is 10.5 Å². The highest BCUT2D eigenvalue weighted by atomic mass is 35.5. The Balaban J connectivity index is 1.63. The van der Waals surface area contributed by atoms with Crippen LogP contribution in [0.3, 0.4) is 0 Å². The molecule has 25 heavy (non-hydrogen) atoms. The molecule has 0 saturated carbocycles. The van der Waals surface area contributed by atoms with Crippen LogP contribution in [-0.2, 0) is 0 Å². The number of hydrogen-bond acceptors (Lipinski definition) is 2. The third kappa shape index (κ3) is 4.05. The number of amides is 1. The number of aromatic nitrogens is 1. The number of benzene rings is 2. The monoisotopic (exact) mass is 371 g/mol. The molecule has 3 rings (SSSR count). The molecule has 4 nitrogen and oxygen atoms in total. The Morgan fingerprint density at radius 3 is 2.28 bits per heavy atom. The predicted molar refractivity (Wildman–Crippen MR) is 102 cm³/mol.